The van der Waals surface area contributed by atoms with Crippen LogP contribution in [-0.2, 0) is 6.54 Å². The van der Waals surface area contributed by atoms with E-state index in [0.717, 1.165) is 23.5 Å². The van der Waals surface area contributed by atoms with E-state index in [-0.39, 0.29) is 5.91 Å². The van der Waals surface area contributed by atoms with Gasteiger partial charge in [0, 0.05) is 40.9 Å². The Bertz CT molecular complexity index is 820. The smallest absolute Gasteiger partial charge is 0.255 e. The summed E-state index contributed by atoms with van der Waals surface area (Å²) in [6, 6.07) is 18.4. The number of amides is 1. The van der Waals surface area contributed by atoms with Gasteiger partial charge in [-0.05, 0) is 60.2 Å². The Hall–Kier alpha value is -2.85. The van der Waals surface area contributed by atoms with Gasteiger partial charge in [-0.3, -0.25) is 9.78 Å². The Kier molecular flexibility index (Phi) is 5.08. The number of aromatic nitrogens is 1. The van der Waals surface area contributed by atoms with Gasteiger partial charge in [0.15, 0.2) is 0 Å². The molecule has 120 valence electrons. The van der Waals surface area contributed by atoms with E-state index < -0.39 is 0 Å². The molecule has 0 bridgehead atoms. The van der Waals surface area contributed by atoms with Gasteiger partial charge in [0.1, 0.15) is 0 Å². The lowest BCUT2D eigenvalue weighted by Crippen LogP contribution is -2.11. The number of hydrogen-bond donors (Lipinski definition) is 2. The summed E-state index contributed by atoms with van der Waals surface area (Å²) in [4.78, 5) is 16.2. The first-order valence-electron chi connectivity index (χ1n) is 7.50. The number of halogens is 1. The number of benzene rings is 2. The van der Waals surface area contributed by atoms with E-state index in [1.54, 1.807) is 36.7 Å². The van der Waals surface area contributed by atoms with Crippen LogP contribution in [-0.4, -0.2) is 10.9 Å². The molecule has 24 heavy (non-hydrogen) atoms. The van der Waals surface area contributed by atoms with Crippen molar-refractivity contribution in [1.29, 1.82) is 0 Å². The van der Waals surface area contributed by atoms with Crippen LogP contribution in [0.15, 0.2) is 73.1 Å². The molecule has 1 amide bonds. The highest BCUT2D eigenvalue weighted by Crippen LogP contribution is 2.17. The summed E-state index contributed by atoms with van der Waals surface area (Å²) in [5, 5.41) is 6.72. The fourth-order valence-electron chi connectivity index (χ4n) is 2.21. The third-order valence-corrected chi connectivity index (χ3v) is 3.71. The molecule has 0 spiro atoms. The molecule has 0 unspecified atom stereocenters. The molecule has 1 heterocycles. The zero-order valence-electron chi connectivity index (χ0n) is 12.9. The van der Waals surface area contributed by atoms with Crippen molar-refractivity contribution >= 4 is 28.9 Å². The summed E-state index contributed by atoms with van der Waals surface area (Å²) in [5.41, 5.74) is 3.40. The molecule has 2 N–H and O–H groups in total. The minimum absolute atomic E-state index is 0.185. The molecule has 0 saturated carbocycles. The Morgan fingerprint density at radius 2 is 1.67 bits per heavy atom. The Morgan fingerprint density at radius 3 is 2.38 bits per heavy atom. The second-order valence-corrected chi connectivity index (χ2v) is 5.69. The Labute approximate surface area is 145 Å². The summed E-state index contributed by atoms with van der Waals surface area (Å²) in [6.45, 7) is 0.719. The maximum absolute atomic E-state index is 12.2. The van der Waals surface area contributed by atoms with Crippen LogP contribution in [0.2, 0.25) is 5.02 Å². The summed E-state index contributed by atoms with van der Waals surface area (Å²) >= 11 is 5.91. The Morgan fingerprint density at radius 1 is 0.958 bits per heavy atom. The van der Waals surface area contributed by atoms with Crippen molar-refractivity contribution < 1.29 is 4.79 Å². The van der Waals surface area contributed by atoms with Crippen molar-refractivity contribution in [2.75, 3.05) is 10.6 Å². The van der Waals surface area contributed by atoms with Crippen LogP contribution in [0, 0.1) is 0 Å². The highest BCUT2D eigenvalue weighted by molar-refractivity contribution is 6.31. The number of anilines is 2. The van der Waals surface area contributed by atoms with Gasteiger partial charge in [0.2, 0.25) is 0 Å². The van der Waals surface area contributed by atoms with Crippen LogP contribution in [0.5, 0.6) is 0 Å². The first kappa shape index (κ1) is 16.0. The molecule has 1 aromatic heterocycles. The van der Waals surface area contributed by atoms with Gasteiger partial charge in [-0.25, -0.2) is 0 Å². The largest absolute Gasteiger partial charge is 0.381 e. The quantitative estimate of drug-likeness (QED) is 0.715. The predicted octanol–water partition coefficient (Wildman–Crippen LogP) is 4.60. The third kappa shape index (κ3) is 4.33. The van der Waals surface area contributed by atoms with Crippen LogP contribution in [0.1, 0.15) is 15.9 Å². The van der Waals surface area contributed by atoms with Crippen molar-refractivity contribution in [1.82, 2.24) is 4.98 Å². The molecule has 3 rings (SSSR count). The van der Waals surface area contributed by atoms with Gasteiger partial charge in [-0.1, -0.05) is 17.7 Å². The van der Waals surface area contributed by atoms with Crippen molar-refractivity contribution in [3.8, 4) is 0 Å². The van der Waals surface area contributed by atoms with Crippen LogP contribution in [0.25, 0.3) is 0 Å². The number of pyridine rings is 1. The zero-order chi connectivity index (χ0) is 16.8. The molecular weight excluding hydrogens is 322 g/mol. The van der Waals surface area contributed by atoms with E-state index in [4.69, 9.17) is 11.6 Å². The highest BCUT2D eigenvalue weighted by atomic mass is 35.5. The maximum Gasteiger partial charge on any atom is 0.255 e. The van der Waals surface area contributed by atoms with E-state index in [9.17, 15) is 4.79 Å². The van der Waals surface area contributed by atoms with Gasteiger partial charge in [0.05, 0.1) is 0 Å². The molecule has 0 atom stereocenters. The molecule has 0 aliphatic heterocycles. The average Bonchev–Trinajstić information content (AvgIpc) is 2.62. The summed E-state index contributed by atoms with van der Waals surface area (Å²) in [7, 11) is 0. The average molecular weight is 338 g/mol. The first-order valence-corrected chi connectivity index (χ1v) is 7.88. The molecular formula is C19H16ClN3O. The van der Waals surface area contributed by atoms with E-state index in [1.165, 1.54) is 0 Å². The first-order chi connectivity index (χ1) is 11.7. The SMILES string of the molecule is O=C(Nc1ccc(NCc2ccncc2)cc1)c1cccc(Cl)c1. The number of rotatable bonds is 5. The minimum Gasteiger partial charge on any atom is -0.381 e. The van der Waals surface area contributed by atoms with Crippen LogP contribution >= 0.6 is 11.6 Å². The highest BCUT2D eigenvalue weighted by Gasteiger charge is 2.06. The van der Waals surface area contributed by atoms with E-state index in [2.05, 4.69) is 15.6 Å². The van der Waals surface area contributed by atoms with Crippen LogP contribution in [0.4, 0.5) is 11.4 Å². The molecule has 0 aliphatic rings. The maximum atomic E-state index is 12.2. The standard InChI is InChI=1S/C19H16ClN3O/c20-16-3-1-2-15(12-16)19(24)23-18-6-4-17(5-7-18)22-13-14-8-10-21-11-9-14/h1-12,22H,13H2,(H,23,24). The van der Waals surface area contributed by atoms with Gasteiger partial charge in [0.25, 0.3) is 5.91 Å². The summed E-state index contributed by atoms with van der Waals surface area (Å²) in [6.07, 6.45) is 3.54. The fourth-order valence-corrected chi connectivity index (χ4v) is 2.40. The summed E-state index contributed by atoms with van der Waals surface area (Å²) in [5.74, 6) is -0.185. The molecule has 0 radical (unpaired) electrons. The molecule has 3 aromatic rings. The molecule has 0 fully saturated rings. The van der Waals surface area contributed by atoms with Crippen LogP contribution in [0.3, 0.4) is 0 Å². The van der Waals surface area contributed by atoms with Crippen molar-refractivity contribution in [2.45, 2.75) is 6.54 Å². The second kappa shape index (κ2) is 7.62. The van der Waals surface area contributed by atoms with E-state index in [1.807, 2.05) is 36.4 Å². The van der Waals surface area contributed by atoms with Crippen molar-refractivity contribution in [3.63, 3.8) is 0 Å². The molecule has 5 heteroatoms. The second-order valence-electron chi connectivity index (χ2n) is 5.25. The minimum atomic E-state index is -0.185. The van der Waals surface area contributed by atoms with Crippen molar-refractivity contribution in [2.24, 2.45) is 0 Å². The fraction of sp³-hybridized carbons (Fsp3) is 0.0526. The molecule has 0 aliphatic carbocycles. The third-order valence-electron chi connectivity index (χ3n) is 3.48. The molecule has 2 aromatic carbocycles. The van der Waals surface area contributed by atoms with Gasteiger partial charge in [-0.15, -0.1) is 0 Å². The summed E-state index contributed by atoms with van der Waals surface area (Å²) < 4.78 is 0. The lowest BCUT2D eigenvalue weighted by atomic mass is 10.2. The lowest BCUT2D eigenvalue weighted by Gasteiger charge is -2.09. The molecule has 4 nitrogen and oxygen atoms in total. The van der Waals surface area contributed by atoms with Crippen molar-refractivity contribution in [3.05, 3.63) is 89.2 Å². The van der Waals surface area contributed by atoms with Crippen LogP contribution < -0.4 is 10.6 Å². The number of nitrogens with zero attached hydrogens (tertiary/aromatic N) is 1. The number of carbonyl (C=O) groups is 1. The normalized spacial score (nSPS) is 10.2. The topological polar surface area (TPSA) is 54.0 Å². The number of hydrogen-bond acceptors (Lipinski definition) is 3. The van der Waals surface area contributed by atoms with Gasteiger partial charge < -0.3 is 10.6 Å². The lowest BCUT2D eigenvalue weighted by molar-refractivity contribution is 0.102. The monoisotopic (exact) mass is 337 g/mol. The van der Waals surface area contributed by atoms with Gasteiger partial charge >= 0.3 is 0 Å². The molecule has 0 saturated heterocycles. The number of carbonyl (C=O) groups excluding carboxylic acids is 1. The predicted molar refractivity (Wildman–Crippen MR) is 97.4 cm³/mol. The van der Waals surface area contributed by atoms with E-state index in [0.29, 0.717) is 10.6 Å². The number of nitrogens with one attached hydrogen (secondary N) is 2. The van der Waals surface area contributed by atoms with Gasteiger partial charge in [-0.2, -0.15) is 0 Å². The zero-order valence-corrected chi connectivity index (χ0v) is 13.6. The Balaban J connectivity index is 1.59. The van der Waals surface area contributed by atoms with E-state index >= 15 is 0 Å².